The van der Waals surface area contributed by atoms with E-state index >= 15 is 0 Å². The van der Waals surface area contributed by atoms with Crippen LogP contribution in [0.5, 0.6) is 0 Å². The van der Waals surface area contributed by atoms with Crippen LogP contribution < -0.4 is 0 Å². The molecule has 1 rings (SSSR count). The monoisotopic (exact) mass is 244 g/mol. The van der Waals surface area contributed by atoms with Gasteiger partial charge >= 0.3 is 7.82 Å². The van der Waals surface area contributed by atoms with Crippen molar-refractivity contribution >= 4 is 7.82 Å². The lowest BCUT2D eigenvalue weighted by atomic mass is 10.0. The summed E-state index contributed by atoms with van der Waals surface area (Å²) in [5.41, 5.74) is 0. The number of ether oxygens (including phenoxy) is 1. The summed E-state index contributed by atoms with van der Waals surface area (Å²) in [6.45, 7) is -0.789. The van der Waals surface area contributed by atoms with Crippen molar-refractivity contribution in [2.75, 3.05) is 13.2 Å². The number of rotatable bonds is 3. The van der Waals surface area contributed by atoms with E-state index in [-0.39, 0.29) is 6.61 Å². The molecule has 90 valence electrons. The molecule has 0 amide bonds. The van der Waals surface area contributed by atoms with Crippen LogP contribution in [0.4, 0.5) is 0 Å². The van der Waals surface area contributed by atoms with Crippen LogP contribution >= 0.6 is 7.82 Å². The van der Waals surface area contributed by atoms with Crippen molar-refractivity contribution in [2.24, 2.45) is 0 Å². The van der Waals surface area contributed by atoms with Gasteiger partial charge in [-0.3, -0.25) is 4.52 Å². The first kappa shape index (κ1) is 13.0. The van der Waals surface area contributed by atoms with Crippen LogP contribution in [0.15, 0.2) is 0 Å². The summed E-state index contributed by atoms with van der Waals surface area (Å²) in [4.78, 5) is 16.8. The maximum Gasteiger partial charge on any atom is 0.469 e. The van der Waals surface area contributed by atoms with Gasteiger partial charge in [0.2, 0.25) is 0 Å². The molecule has 1 aliphatic rings. The molecule has 1 fully saturated rings. The summed E-state index contributed by atoms with van der Waals surface area (Å²) in [6.07, 6.45) is -5.15. The Labute approximate surface area is 85.3 Å². The molecule has 9 heteroatoms. The Morgan fingerprint density at radius 3 is 2.40 bits per heavy atom. The van der Waals surface area contributed by atoms with Crippen LogP contribution in [-0.4, -0.2) is 62.7 Å². The largest absolute Gasteiger partial charge is 0.469 e. The van der Waals surface area contributed by atoms with Crippen molar-refractivity contribution in [1.82, 2.24) is 0 Å². The molecule has 0 saturated carbocycles. The fourth-order valence-corrected chi connectivity index (χ4v) is 1.53. The maximum atomic E-state index is 10.3. The van der Waals surface area contributed by atoms with Crippen molar-refractivity contribution < 1.29 is 38.9 Å². The highest BCUT2D eigenvalue weighted by Crippen LogP contribution is 2.36. The third-order valence-electron chi connectivity index (χ3n) is 2.01. The molecule has 0 aromatic carbocycles. The van der Waals surface area contributed by atoms with Crippen LogP contribution in [0.25, 0.3) is 0 Å². The molecule has 1 aliphatic heterocycles. The highest BCUT2D eigenvalue weighted by Gasteiger charge is 2.38. The smallest absolute Gasteiger partial charge is 0.388 e. The molecule has 1 saturated heterocycles. The van der Waals surface area contributed by atoms with Gasteiger partial charge in [0.05, 0.1) is 13.2 Å². The summed E-state index contributed by atoms with van der Waals surface area (Å²) >= 11 is 0. The average molecular weight is 244 g/mol. The van der Waals surface area contributed by atoms with Gasteiger partial charge < -0.3 is 29.8 Å². The standard InChI is InChI=1S/C6H13O8P/c7-3-1-13-4(6(9)5(3)8)2-14-15(10,11)12/h3-9H,1-2H2,(H2,10,11,12). The number of hydrogen-bond donors (Lipinski definition) is 5. The highest BCUT2D eigenvalue weighted by atomic mass is 31.2. The van der Waals surface area contributed by atoms with Gasteiger partial charge in [0.25, 0.3) is 0 Å². The number of aliphatic hydroxyl groups excluding tert-OH is 3. The summed E-state index contributed by atoms with van der Waals surface area (Å²) in [5, 5.41) is 27.6. The summed E-state index contributed by atoms with van der Waals surface area (Å²) in [6, 6.07) is 0. The molecular weight excluding hydrogens is 231 g/mol. The second kappa shape index (κ2) is 4.86. The van der Waals surface area contributed by atoms with Gasteiger partial charge in [-0.2, -0.15) is 0 Å². The molecule has 0 aromatic heterocycles. The molecule has 0 aliphatic carbocycles. The number of phosphoric acid groups is 1. The number of hydrogen-bond acceptors (Lipinski definition) is 6. The van der Waals surface area contributed by atoms with Crippen molar-refractivity contribution in [3.8, 4) is 0 Å². The Balaban J connectivity index is 2.46. The van der Waals surface area contributed by atoms with E-state index in [9.17, 15) is 14.8 Å². The number of aliphatic hydroxyl groups is 3. The molecule has 4 atom stereocenters. The van der Waals surface area contributed by atoms with Crippen LogP contribution in [0.1, 0.15) is 0 Å². The predicted octanol–water partition coefficient (Wildman–Crippen LogP) is -2.42. The van der Waals surface area contributed by atoms with Crippen LogP contribution in [0.2, 0.25) is 0 Å². The van der Waals surface area contributed by atoms with Gasteiger partial charge in [-0.1, -0.05) is 0 Å². The molecule has 0 aromatic rings. The van der Waals surface area contributed by atoms with E-state index < -0.39 is 38.8 Å². The van der Waals surface area contributed by atoms with E-state index in [0.717, 1.165) is 0 Å². The minimum Gasteiger partial charge on any atom is -0.388 e. The van der Waals surface area contributed by atoms with Gasteiger partial charge in [0, 0.05) is 0 Å². The van der Waals surface area contributed by atoms with Gasteiger partial charge in [-0.25, -0.2) is 4.57 Å². The van der Waals surface area contributed by atoms with Gasteiger partial charge in [-0.15, -0.1) is 0 Å². The maximum absolute atomic E-state index is 10.3. The molecule has 8 nitrogen and oxygen atoms in total. The lowest BCUT2D eigenvalue weighted by molar-refractivity contribution is -0.194. The summed E-state index contributed by atoms with van der Waals surface area (Å²) in [7, 11) is -4.63. The second-order valence-electron chi connectivity index (χ2n) is 3.21. The lowest BCUT2D eigenvalue weighted by Gasteiger charge is -2.34. The van der Waals surface area contributed by atoms with E-state index in [4.69, 9.17) is 19.6 Å². The molecule has 0 spiro atoms. The molecule has 1 heterocycles. The van der Waals surface area contributed by atoms with E-state index in [1.807, 2.05) is 0 Å². The Kier molecular flexibility index (Phi) is 4.21. The predicted molar refractivity (Wildman–Crippen MR) is 45.8 cm³/mol. The molecule has 15 heavy (non-hydrogen) atoms. The SMILES string of the molecule is O=P(O)(O)OCC1OCC(O)C(O)C1O. The Bertz CT molecular complexity index is 252. The van der Waals surface area contributed by atoms with E-state index in [1.165, 1.54) is 0 Å². The normalized spacial score (nSPS) is 37.9. The van der Waals surface area contributed by atoms with Crippen molar-refractivity contribution in [3.63, 3.8) is 0 Å². The Morgan fingerprint density at radius 2 is 1.87 bits per heavy atom. The van der Waals surface area contributed by atoms with Gasteiger partial charge in [0.15, 0.2) is 0 Å². The van der Waals surface area contributed by atoms with Crippen LogP contribution in [-0.2, 0) is 13.8 Å². The fraction of sp³-hybridized carbons (Fsp3) is 1.00. The lowest BCUT2D eigenvalue weighted by Crippen LogP contribution is -2.54. The van der Waals surface area contributed by atoms with Gasteiger partial charge in [0.1, 0.15) is 24.4 Å². The molecule has 4 unspecified atom stereocenters. The topological polar surface area (TPSA) is 137 Å². The summed E-state index contributed by atoms with van der Waals surface area (Å²) < 4.78 is 19.3. The van der Waals surface area contributed by atoms with Gasteiger partial charge in [-0.05, 0) is 0 Å². The quantitative estimate of drug-likeness (QED) is 0.346. The zero-order valence-electron chi connectivity index (χ0n) is 7.63. The van der Waals surface area contributed by atoms with Crippen LogP contribution in [0.3, 0.4) is 0 Å². The first-order chi connectivity index (χ1) is 6.81. The Morgan fingerprint density at radius 1 is 1.27 bits per heavy atom. The first-order valence-electron chi connectivity index (χ1n) is 4.17. The minimum atomic E-state index is -4.63. The highest BCUT2D eigenvalue weighted by molar-refractivity contribution is 7.46. The van der Waals surface area contributed by atoms with E-state index in [0.29, 0.717) is 0 Å². The first-order valence-corrected chi connectivity index (χ1v) is 5.70. The number of phosphoric ester groups is 1. The fourth-order valence-electron chi connectivity index (χ4n) is 1.18. The van der Waals surface area contributed by atoms with Crippen molar-refractivity contribution in [2.45, 2.75) is 24.4 Å². The molecular formula is C6H13O8P. The van der Waals surface area contributed by atoms with E-state index in [2.05, 4.69) is 4.52 Å². The third kappa shape index (κ3) is 3.78. The second-order valence-corrected chi connectivity index (χ2v) is 4.45. The molecule has 0 bridgehead atoms. The Hall–Kier alpha value is -0.0500. The van der Waals surface area contributed by atoms with E-state index in [1.54, 1.807) is 0 Å². The van der Waals surface area contributed by atoms with Crippen LogP contribution in [0, 0.1) is 0 Å². The van der Waals surface area contributed by atoms with Crippen molar-refractivity contribution in [1.29, 1.82) is 0 Å². The zero-order chi connectivity index (χ0) is 11.6. The zero-order valence-corrected chi connectivity index (χ0v) is 8.53. The summed E-state index contributed by atoms with van der Waals surface area (Å²) in [5.74, 6) is 0. The minimum absolute atomic E-state index is 0.229. The third-order valence-corrected chi connectivity index (χ3v) is 2.50. The van der Waals surface area contributed by atoms with Crippen molar-refractivity contribution in [3.05, 3.63) is 0 Å². The average Bonchev–Trinajstić information content (AvgIpc) is 2.12. The molecule has 5 N–H and O–H groups in total. The molecule has 0 radical (unpaired) electrons.